The van der Waals surface area contributed by atoms with Crippen LogP contribution in [-0.2, 0) is 41.2 Å². The van der Waals surface area contributed by atoms with Crippen molar-refractivity contribution in [2.45, 2.75) is 12.3 Å². The van der Waals surface area contributed by atoms with Gasteiger partial charge in [-0.1, -0.05) is 0 Å². The van der Waals surface area contributed by atoms with Gasteiger partial charge in [0, 0.05) is 0 Å². The largest absolute Gasteiger partial charge is 0.490 e. The van der Waals surface area contributed by atoms with Gasteiger partial charge in [-0.25, -0.2) is 28.6 Å². The van der Waals surface area contributed by atoms with E-state index in [2.05, 4.69) is 28.1 Å². The maximum Gasteiger partial charge on any atom is 0.490 e. The van der Waals surface area contributed by atoms with Crippen molar-refractivity contribution in [3.63, 3.8) is 0 Å². The summed E-state index contributed by atoms with van der Waals surface area (Å²) >= 11 is 0. The Bertz CT molecular complexity index is 1100. The molecule has 0 aliphatic heterocycles. The highest BCUT2D eigenvalue weighted by atomic mass is 31.3. The van der Waals surface area contributed by atoms with Crippen molar-refractivity contribution in [1.82, 2.24) is 19.5 Å². The molecule has 0 spiro atoms. The Hall–Kier alpha value is -1.94. The van der Waals surface area contributed by atoms with E-state index in [4.69, 9.17) is 25.2 Å². The third-order valence-electron chi connectivity index (χ3n) is 3.06. The van der Waals surface area contributed by atoms with Gasteiger partial charge >= 0.3 is 23.5 Å². The fourth-order valence-electron chi connectivity index (χ4n) is 1.98. The Morgan fingerprint density at radius 1 is 1.03 bits per heavy atom. The molecule has 2 unspecified atom stereocenters. The number of fused-ring (bicyclic) bond motifs is 1. The van der Waals surface area contributed by atoms with Crippen molar-refractivity contribution < 1.29 is 60.7 Å². The molecule has 18 nitrogen and oxygen atoms in total. The maximum atomic E-state index is 11.7. The summed E-state index contributed by atoms with van der Waals surface area (Å²) in [6, 6.07) is 0. The molecule has 21 heteroatoms. The highest BCUT2D eigenvalue weighted by Crippen LogP contribution is 2.66. The van der Waals surface area contributed by atoms with Gasteiger partial charge in [0.1, 0.15) is 17.9 Å². The van der Waals surface area contributed by atoms with E-state index in [1.807, 2.05) is 0 Å². The van der Waals surface area contributed by atoms with Crippen LogP contribution in [0, 0.1) is 0 Å². The molecular formula is C10H14N5O13P3. The van der Waals surface area contributed by atoms with Gasteiger partial charge in [-0.3, -0.25) is 13.9 Å². The second kappa shape index (κ2) is 9.68. The Balaban J connectivity index is 2.08. The highest BCUT2D eigenvalue weighted by molar-refractivity contribution is 7.66. The maximum absolute atomic E-state index is 11.7. The van der Waals surface area contributed by atoms with Gasteiger partial charge in [-0.05, 0) is 0 Å². The fourth-order valence-corrected chi connectivity index (χ4v) is 5.01. The summed E-state index contributed by atoms with van der Waals surface area (Å²) < 4.78 is 51.0. The molecule has 2 aromatic heterocycles. The van der Waals surface area contributed by atoms with E-state index >= 15 is 0 Å². The summed E-state index contributed by atoms with van der Waals surface area (Å²) in [7, 11) is -16.8. The van der Waals surface area contributed by atoms with Gasteiger partial charge in [0.15, 0.2) is 30.3 Å². The topological polar surface area (TPSA) is 273 Å². The molecule has 0 saturated heterocycles. The van der Waals surface area contributed by atoms with Gasteiger partial charge in [0.2, 0.25) is 0 Å². The molecule has 0 saturated carbocycles. The summed E-state index contributed by atoms with van der Waals surface area (Å²) in [5.74, 6) is -0.00649. The van der Waals surface area contributed by atoms with Crippen LogP contribution < -0.4 is 5.73 Å². The lowest BCUT2D eigenvalue weighted by atomic mass is 10.4. The van der Waals surface area contributed by atoms with E-state index in [9.17, 15) is 28.2 Å². The van der Waals surface area contributed by atoms with Gasteiger partial charge in [-0.15, -0.1) is 0 Å². The Kier molecular flexibility index (Phi) is 7.91. The summed E-state index contributed by atoms with van der Waals surface area (Å²) in [6.45, 7) is -1.10. The van der Waals surface area contributed by atoms with Crippen molar-refractivity contribution >= 4 is 53.0 Å². The van der Waals surface area contributed by atoms with E-state index in [1.54, 1.807) is 0 Å². The first kappa shape index (κ1) is 25.3. The van der Waals surface area contributed by atoms with E-state index in [1.165, 1.54) is 0 Å². The number of nitrogen functional groups attached to an aromatic ring is 1. The first-order valence-electron chi connectivity index (χ1n) is 7.54. The number of hydrogen-bond acceptors (Lipinski definition) is 13. The monoisotopic (exact) mass is 505 g/mol. The van der Waals surface area contributed by atoms with Crippen LogP contribution in [0.1, 0.15) is 6.23 Å². The molecule has 0 radical (unpaired) electrons. The smallest absolute Gasteiger partial charge is 0.382 e. The van der Waals surface area contributed by atoms with Crippen molar-refractivity contribution in [2.75, 3.05) is 12.3 Å². The quantitative estimate of drug-likeness (QED) is 0.171. The number of carbonyl (C=O) groups is 2. The molecule has 31 heavy (non-hydrogen) atoms. The number of imidazole rings is 1. The number of hydrogen-bond donors (Lipinski definition) is 5. The van der Waals surface area contributed by atoms with Crippen LogP contribution in [0.25, 0.3) is 11.2 Å². The van der Waals surface area contributed by atoms with Crippen LogP contribution in [0.4, 0.5) is 5.82 Å². The third kappa shape index (κ3) is 7.31. The molecule has 0 aromatic carbocycles. The normalized spacial score (nSPS) is 18.1. The number of phosphoric acid groups is 3. The average molecular weight is 505 g/mol. The average Bonchev–Trinajstić information content (AvgIpc) is 3.04. The molecule has 2 rings (SSSR count). The van der Waals surface area contributed by atoms with Gasteiger partial charge in [-0.2, -0.15) is 8.62 Å². The predicted octanol–water partition coefficient (Wildman–Crippen LogP) is -0.967. The first-order chi connectivity index (χ1) is 14.3. The summed E-state index contributed by atoms with van der Waals surface area (Å²) in [5.41, 5.74) is 5.79. The standard InChI is InChI=1S/C10H14N5O13P3/c11-9-8-10(13-4-12-9)15(5-14-8)7(2-17)26-6(1-16)3-25-30(21,22)28-31(23,24)27-29(18,19)20/h1-2,4-7H,3H2,(H,21,22)(H,23,24)(H2,11,12,13)(H2,18,19,20)/t6-,7-/m1/s1. The molecule has 0 aliphatic carbocycles. The highest BCUT2D eigenvalue weighted by Gasteiger charge is 2.41. The molecule has 4 atom stereocenters. The fraction of sp³-hybridized carbons (Fsp3) is 0.300. The number of aromatic nitrogens is 4. The molecule has 6 N–H and O–H groups in total. The summed E-state index contributed by atoms with van der Waals surface area (Å²) in [6.07, 6.45) is -0.802. The number of anilines is 1. The Labute approximate surface area is 171 Å². The van der Waals surface area contributed by atoms with Crippen LogP contribution in [0.3, 0.4) is 0 Å². The molecule has 0 bridgehead atoms. The van der Waals surface area contributed by atoms with Gasteiger partial charge in [0.25, 0.3) is 0 Å². The number of aldehydes is 2. The Morgan fingerprint density at radius 2 is 1.71 bits per heavy atom. The second-order valence-corrected chi connectivity index (χ2v) is 9.73. The van der Waals surface area contributed by atoms with Crippen molar-refractivity contribution in [2.24, 2.45) is 0 Å². The van der Waals surface area contributed by atoms with Crippen molar-refractivity contribution in [1.29, 1.82) is 0 Å². The number of ether oxygens (including phenoxy) is 1. The van der Waals surface area contributed by atoms with E-state index in [0.717, 1.165) is 17.2 Å². The van der Waals surface area contributed by atoms with Gasteiger partial charge < -0.3 is 34.8 Å². The number of carbonyl (C=O) groups excluding carboxylic acids is 2. The summed E-state index contributed by atoms with van der Waals surface area (Å²) in [4.78, 5) is 69.4. The lowest BCUT2D eigenvalue weighted by molar-refractivity contribution is -0.139. The number of nitrogens with zero attached hydrogens (tertiary/aromatic N) is 4. The minimum atomic E-state index is -5.73. The van der Waals surface area contributed by atoms with Gasteiger partial charge in [0.05, 0.1) is 12.9 Å². The van der Waals surface area contributed by atoms with Crippen LogP contribution >= 0.6 is 23.5 Å². The summed E-state index contributed by atoms with van der Waals surface area (Å²) in [5, 5.41) is 0. The number of nitrogens with two attached hydrogens (primary N) is 1. The third-order valence-corrected chi connectivity index (χ3v) is 6.86. The molecule has 0 aliphatic rings. The molecule has 2 aromatic rings. The van der Waals surface area contributed by atoms with E-state index in [0.29, 0.717) is 0 Å². The predicted molar refractivity (Wildman–Crippen MR) is 95.6 cm³/mol. The molecule has 0 fully saturated rings. The SMILES string of the molecule is Nc1ncnc2c1ncn2[C@@H](C=O)O[C@H](C=O)COP(=O)(O)OP(=O)(O)OP(=O)(O)O. The van der Waals surface area contributed by atoms with Crippen LogP contribution in [0.15, 0.2) is 12.7 Å². The van der Waals surface area contributed by atoms with Crippen LogP contribution in [0.2, 0.25) is 0 Å². The second-order valence-electron chi connectivity index (χ2n) is 5.31. The van der Waals surface area contributed by atoms with Crippen molar-refractivity contribution in [3.8, 4) is 0 Å². The van der Waals surface area contributed by atoms with Crippen LogP contribution in [-0.4, -0.2) is 64.4 Å². The van der Waals surface area contributed by atoms with Crippen molar-refractivity contribution in [3.05, 3.63) is 12.7 Å². The number of rotatable bonds is 12. The zero-order chi connectivity index (χ0) is 23.4. The lowest BCUT2D eigenvalue weighted by Crippen LogP contribution is -2.27. The van der Waals surface area contributed by atoms with Crippen LogP contribution in [0.5, 0.6) is 0 Å². The number of phosphoric ester groups is 1. The van der Waals surface area contributed by atoms with E-state index < -0.39 is 42.4 Å². The zero-order valence-corrected chi connectivity index (χ0v) is 17.5. The lowest BCUT2D eigenvalue weighted by Gasteiger charge is -2.20. The minimum Gasteiger partial charge on any atom is -0.382 e. The zero-order valence-electron chi connectivity index (χ0n) is 14.8. The first-order valence-corrected chi connectivity index (χ1v) is 12.1. The molecule has 172 valence electrons. The van der Waals surface area contributed by atoms with E-state index in [-0.39, 0.29) is 29.6 Å². The molecule has 0 amide bonds. The molecular weight excluding hydrogens is 491 g/mol. The molecule has 2 heterocycles. The Morgan fingerprint density at radius 3 is 2.29 bits per heavy atom. The minimum absolute atomic E-state index is 0.00649.